The molecule has 1 unspecified atom stereocenters. The molecule has 0 aliphatic carbocycles. The normalized spacial score (nSPS) is 16.7. The Morgan fingerprint density at radius 3 is 2.54 bits per heavy atom. The molecule has 8 nitrogen and oxygen atoms in total. The largest absolute Gasteiger partial charge is 0.471 e. The smallest absolute Gasteiger partial charge is 0.343 e. The van der Waals surface area contributed by atoms with Crippen LogP contribution in [0.1, 0.15) is 37.7 Å². The van der Waals surface area contributed by atoms with Gasteiger partial charge in [0.15, 0.2) is 0 Å². The van der Waals surface area contributed by atoms with Gasteiger partial charge in [-0.2, -0.15) is 13.2 Å². The van der Waals surface area contributed by atoms with Crippen LogP contribution in [-0.4, -0.2) is 85.6 Å². The van der Waals surface area contributed by atoms with Crippen LogP contribution in [0.3, 0.4) is 0 Å². The molecule has 0 bridgehead atoms. The molecule has 1 aromatic carbocycles. The van der Waals surface area contributed by atoms with Crippen LogP contribution in [0.25, 0.3) is 0 Å². The summed E-state index contributed by atoms with van der Waals surface area (Å²) in [5.74, 6) is -2.59. The second kappa shape index (κ2) is 14.0. The molecule has 1 aromatic rings. The number of nitrogens with zero attached hydrogens (tertiary/aromatic N) is 2. The fraction of sp³-hybridized carbons (Fsp3) is 0.625. The summed E-state index contributed by atoms with van der Waals surface area (Å²) in [5, 5.41) is 5.46. The summed E-state index contributed by atoms with van der Waals surface area (Å²) in [5.41, 5.74) is 6.37. The van der Waals surface area contributed by atoms with Crippen LogP contribution in [-0.2, 0) is 20.8 Å². The fourth-order valence-corrected chi connectivity index (χ4v) is 4.29. The van der Waals surface area contributed by atoms with Gasteiger partial charge in [-0.05, 0) is 57.7 Å². The van der Waals surface area contributed by atoms with Gasteiger partial charge in [0.2, 0.25) is 11.8 Å². The van der Waals surface area contributed by atoms with Crippen LogP contribution in [0, 0.1) is 0 Å². The summed E-state index contributed by atoms with van der Waals surface area (Å²) in [7, 11) is 1.61. The monoisotopic (exact) mass is 499 g/mol. The van der Waals surface area contributed by atoms with Crippen molar-refractivity contribution in [3.8, 4) is 0 Å². The number of alkyl halides is 3. The minimum Gasteiger partial charge on any atom is -0.343 e. The van der Waals surface area contributed by atoms with E-state index in [1.54, 1.807) is 31.3 Å². The van der Waals surface area contributed by atoms with Crippen molar-refractivity contribution in [1.82, 2.24) is 20.4 Å². The molecule has 2 rings (SSSR count). The van der Waals surface area contributed by atoms with E-state index in [0.717, 1.165) is 10.5 Å². The first kappa shape index (κ1) is 28.6. The Balaban J connectivity index is 2.14. The van der Waals surface area contributed by atoms with Crippen LogP contribution < -0.4 is 16.4 Å². The molecule has 0 spiro atoms. The molecule has 196 valence electrons. The van der Waals surface area contributed by atoms with Crippen molar-refractivity contribution in [2.75, 3.05) is 39.8 Å². The molecule has 0 aromatic heterocycles. The second-order valence-electron chi connectivity index (χ2n) is 8.75. The molecule has 1 aliphatic heterocycles. The van der Waals surface area contributed by atoms with Crippen LogP contribution in [0.15, 0.2) is 30.3 Å². The number of nitrogens with one attached hydrogen (secondary N) is 2. The zero-order chi connectivity index (χ0) is 25.8. The number of halogens is 3. The maximum absolute atomic E-state index is 13.4. The van der Waals surface area contributed by atoms with E-state index in [-0.39, 0.29) is 37.9 Å². The van der Waals surface area contributed by atoms with Crippen molar-refractivity contribution in [2.45, 2.75) is 56.8 Å². The molecule has 35 heavy (non-hydrogen) atoms. The number of amides is 3. The maximum Gasteiger partial charge on any atom is 0.471 e. The van der Waals surface area contributed by atoms with E-state index < -0.39 is 24.2 Å². The second-order valence-corrected chi connectivity index (χ2v) is 8.75. The molecule has 3 amide bonds. The van der Waals surface area contributed by atoms with Gasteiger partial charge < -0.3 is 26.2 Å². The predicted octanol–water partition coefficient (Wildman–Crippen LogP) is 1.44. The first-order valence-corrected chi connectivity index (χ1v) is 12.0. The zero-order valence-electron chi connectivity index (χ0n) is 20.2. The first-order chi connectivity index (χ1) is 16.7. The van der Waals surface area contributed by atoms with E-state index in [9.17, 15) is 27.6 Å². The third kappa shape index (κ3) is 9.14. The quantitative estimate of drug-likeness (QED) is 0.356. The number of hydrogen-bond acceptors (Lipinski definition) is 5. The molecule has 11 heteroatoms. The van der Waals surface area contributed by atoms with E-state index in [0.29, 0.717) is 45.2 Å². The predicted molar refractivity (Wildman–Crippen MR) is 126 cm³/mol. The third-order valence-corrected chi connectivity index (χ3v) is 6.05. The minimum absolute atomic E-state index is 0.0391. The highest BCUT2D eigenvalue weighted by molar-refractivity contribution is 5.88. The van der Waals surface area contributed by atoms with Gasteiger partial charge in [-0.3, -0.25) is 14.4 Å². The Kier molecular flexibility index (Phi) is 11.5. The summed E-state index contributed by atoms with van der Waals surface area (Å²) >= 11 is 0. The molecule has 0 saturated carbocycles. The van der Waals surface area contributed by atoms with Gasteiger partial charge in [0, 0.05) is 25.7 Å². The van der Waals surface area contributed by atoms with Crippen molar-refractivity contribution in [1.29, 1.82) is 0 Å². The molecular formula is C24H36F3N5O3. The van der Waals surface area contributed by atoms with Crippen molar-refractivity contribution in [2.24, 2.45) is 5.73 Å². The van der Waals surface area contributed by atoms with E-state index in [4.69, 9.17) is 5.73 Å². The molecule has 2 atom stereocenters. The molecule has 0 radical (unpaired) electrons. The van der Waals surface area contributed by atoms with E-state index in [1.165, 1.54) is 4.90 Å². The lowest BCUT2D eigenvalue weighted by Crippen LogP contribution is -2.54. The number of unbranched alkanes of at least 4 members (excludes halogenated alkanes) is 1. The van der Waals surface area contributed by atoms with Gasteiger partial charge >= 0.3 is 12.1 Å². The lowest BCUT2D eigenvalue weighted by Gasteiger charge is -2.33. The average Bonchev–Trinajstić information content (AvgIpc) is 3.28. The summed E-state index contributed by atoms with van der Waals surface area (Å²) < 4.78 is 40.0. The molecule has 1 saturated heterocycles. The average molecular weight is 500 g/mol. The van der Waals surface area contributed by atoms with Crippen LogP contribution in [0.4, 0.5) is 13.2 Å². The number of nitrogens with two attached hydrogens (primary N) is 1. The lowest BCUT2D eigenvalue weighted by molar-refractivity contribution is -0.186. The SMILES string of the molecule is CNCC(=O)N[C@@H](CCCCN)C(=O)N1CCCC1CN(CCc1ccccc1)C(=O)C(F)(F)F. The van der Waals surface area contributed by atoms with Crippen LogP contribution in [0.5, 0.6) is 0 Å². The van der Waals surface area contributed by atoms with Gasteiger partial charge in [0.25, 0.3) is 0 Å². The van der Waals surface area contributed by atoms with Gasteiger partial charge in [-0.1, -0.05) is 30.3 Å². The molecule has 1 heterocycles. The number of carbonyl (C=O) groups excluding carboxylic acids is 3. The highest BCUT2D eigenvalue weighted by Crippen LogP contribution is 2.24. The van der Waals surface area contributed by atoms with Crippen molar-refractivity contribution in [3.05, 3.63) is 35.9 Å². The summed E-state index contributed by atoms with van der Waals surface area (Å²) in [6.07, 6.45) is -1.94. The fourth-order valence-electron chi connectivity index (χ4n) is 4.29. The molecule has 1 aliphatic rings. The highest BCUT2D eigenvalue weighted by Gasteiger charge is 2.44. The first-order valence-electron chi connectivity index (χ1n) is 12.0. The van der Waals surface area contributed by atoms with Gasteiger partial charge in [-0.25, -0.2) is 0 Å². The Morgan fingerprint density at radius 2 is 1.91 bits per heavy atom. The number of likely N-dealkylation sites (N-methyl/N-ethyl adjacent to an activating group) is 1. The Labute approximate surface area is 204 Å². The summed E-state index contributed by atoms with van der Waals surface area (Å²) in [4.78, 5) is 40.0. The van der Waals surface area contributed by atoms with Crippen molar-refractivity contribution < 1.29 is 27.6 Å². The van der Waals surface area contributed by atoms with Crippen LogP contribution in [0.2, 0.25) is 0 Å². The Hall–Kier alpha value is -2.66. The Morgan fingerprint density at radius 1 is 1.20 bits per heavy atom. The van der Waals surface area contributed by atoms with Crippen molar-refractivity contribution >= 4 is 17.7 Å². The van der Waals surface area contributed by atoms with E-state index in [1.807, 2.05) is 6.07 Å². The van der Waals surface area contributed by atoms with Crippen LogP contribution >= 0.6 is 0 Å². The topological polar surface area (TPSA) is 108 Å². The molecular weight excluding hydrogens is 463 g/mol. The highest BCUT2D eigenvalue weighted by atomic mass is 19.4. The zero-order valence-corrected chi connectivity index (χ0v) is 20.2. The van der Waals surface area contributed by atoms with E-state index in [2.05, 4.69) is 10.6 Å². The van der Waals surface area contributed by atoms with E-state index >= 15 is 0 Å². The number of hydrogen-bond donors (Lipinski definition) is 3. The number of benzene rings is 1. The van der Waals surface area contributed by atoms with Gasteiger partial charge in [0.1, 0.15) is 6.04 Å². The summed E-state index contributed by atoms with van der Waals surface area (Å²) in [6, 6.07) is 7.62. The lowest BCUT2D eigenvalue weighted by atomic mass is 10.1. The molecule has 4 N–H and O–H groups in total. The Bertz CT molecular complexity index is 822. The summed E-state index contributed by atoms with van der Waals surface area (Å²) in [6.45, 7) is 0.535. The van der Waals surface area contributed by atoms with Crippen molar-refractivity contribution in [3.63, 3.8) is 0 Å². The minimum atomic E-state index is -5.00. The number of carbonyl (C=O) groups is 3. The standard InChI is InChI=1S/C24H36F3N5O3/c1-29-16-21(33)30-20(11-5-6-13-28)22(34)32-14-7-10-19(32)17-31(23(35)24(25,26)27)15-12-18-8-3-2-4-9-18/h2-4,8-9,19-20,29H,5-7,10-17,28H2,1H3,(H,30,33)/t19?,20-/m0/s1. The number of rotatable bonds is 13. The number of likely N-dealkylation sites (tertiary alicyclic amines) is 1. The van der Waals surface area contributed by atoms with Gasteiger partial charge in [0.05, 0.1) is 6.54 Å². The van der Waals surface area contributed by atoms with Gasteiger partial charge in [-0.15, -0.1) is 0 Å². The molecule has 1 fully saturated rings. The third-order valence-electron chi connectivity index (χ3n) is 6.05. The maximum atomic E-state index is 13.4.